The molecule has 2 atom stereocenters. The van der Waals surface area contributed by atoms with Gasteiger partial charge in [-0.15, -0.1) is 0 Å². The highest BCUT2D eigenvalue weighted by molar-refractivity contribution is 6.15. The molecular formula is C22H21NO9. The van der Waals surface area contributed by atoms with Crippen molar-refractivity contribution in [3.05, 3.63) is 70.7 Å². The second-order valence-electron chi connectivity index (χ2n) is 6.86. The summed E-state index contributed by atoms with van der Waals surface area (Å²) in [5.41, 5.74) is 0.451. The Morgan fingerprint density at radius 2 is 1.78 bits per heavy atom. The highest BCUT2D eigenvalue weighted by atomic mass is 16.6. The average Bonchev–Trinajstić information content (AvgIpc) is 3.04. The van der Waals surface area contributed by atoms with Crippen LogP contribution in [0, 0.1) is 0 Å². The summed E-state index contributed by atoms with van der Waals surface area (Å²) in [7, 11) is 0. The van der Waals surface area contributed by atoms with E-state index in [1.807, 2.05) is 6.92 Å². The summed E-state index contributed by atoms with van der Waals surface area (Å²) >= 11 is 0. The number of rotatable bonds is 8. The first-order valence-corrected chi connectivity index (χ1v) is 9.63. The molecule has 5 N–H and O–H groups in total. The van der Waals surface area contributed by atoms with Crippen LogP contribution in [-0.2, 0) is 14.3 Å². The molecule has 0 aliphatic carbocycles. The number of benzene rings is 2. The number of aromatic hydroxyl groups is 1. The lowest BCUT2D eigenvalue weighted by Crippen LogP contribution is -2.33. The number of ether oxygens (including phenoxy) is 2. The monoisotopic (exact) mass is 443 g/mol. The van der Waals surface area contributed by atoms with Crippen LogP contribution in [0.3, 0.4) is 0 Å². The maximum absolute atomic E-state index is 13.0. The molecular weight excluding hydrogens is 422 g/mol. The minimum Gasteiger partial charge on any atom is -0.507 e. The van der Waals surface area contributed by atoms with E-state index in [1.54, 1.807) is 6.07 Å². The van der Waals surface area contributed by atoms with Crippen LogP contribution < -0.4 is 5.32 Å². The van der Waals surface area contributed by atoms with Crippen molar-refractivity contribution >= 4 is 23.4 Å². The van der Waals surface area contributed by atoms with Crippen molar-refractivity contribution < 1.29 is 44.3 Å². The van der Waals surface area contributed by atoms with Crippen LogP contribution in [-0.4, -0.2) is 63.5 Å². The number of anilines is 1. The van der Waals surface area contributed by atoms with Gasteiger partial charge in [0.15, 0.2) is 17.6 Å². The number of carbonyl (C=O) groups is 3. The summed E-state index contributed by atoms with van der Waals surface area (Å²) in [4.78, 5) is 36.8. The van der Waals surface area contributed by atoms with Crippen LogP contribution in [0.4, 0.5) is 5.69 Å². The second kappa shape index (κ2) is 9.40. The molecule has 0 saturated carbocycles. The molecule has 1 aliphatic rings. The molecule has 10 heteroatoms. The zero-order valence-electron chi connectivity index (χ0n) is 16.9. The van der Waals surface area contributed by atoms with Crippen molar-refractivity contribution in [3.8, 4) is 5.75 Å². The Morgan fingerprint density at radius 1 is 1.09 bits per heavy atom. The number of nitrogens with one attached hydrogen (secondary N) is 1. The third kappa shape index (κ3) is 4.49. The van der Waals surface area contributed by atoms with E-state index in [0.29, 0.717) is 12.2 Å². The summed E-state index contributed by atoms with van der Waals surface area (Å²) < 4.78 is 9.61. The van der Waals surface area contributed by atoms with Crippen molar-refractivity contribution in [1.82, 2.24) is 0 Å². The average molecular weight is 443 g/mol. The second-order valence-corrected chi connectivity index (χ2v) is 6.86. The Kier molecular flexibility index (Phi) is 6.64. The molecule has 0 radical (unpaired) electrons. The summed E-state index contributed by atoms with van der Waals surface area (Å²) in [6.45, 7) is 1.81. The molecule has 0 bridgehead atoms. The predicted molar refractivity (Wildman–Crippen MR) is 111 cm³/mol. The highest BCUT2D eigenvalue weighted by Crippen LogP contribution is 2.26. The van der Waals surface area contributed by atoms with Gasteiger partial charge in [0.2, 0.25) is 5.76 Å². The quantitative estimate of drug-likeness (QED) is 0.300. The number of hydrogen-bond donors (Lipinski definition) is 5. The van der Waals surface area contributed by atoms with Gasteiger partial charge in [-0.1, -0.05) is 18.2 Å². The van der Waals surface area contributed by atoms with Gasteiger partial charge in [-0.3, -0.25) is 4.79 Å². The Hall–Kier alpha value is -4.05. The van der Waals surface area contributed by atoms with E-state index in [1.165, 1.54) is 36.4 Å². The van der Waals surface area contributed by atoms with Gasteiger partial charge >= 0.3 is 11.9 Å². The molecule has 2 aromatic rings. The summed E-state index contributed by atoms with van der Waals surface area (Å²) in [6, 6.07) is 10.2. The maximum Gasteiger partial charge on any atom is 0.377 e. The minimum atomic E-state index is -1.65. The highest BCUT2D eigenvalue weighted by Gasteiger charge is 2.39. The Morgan fingerprint density at radius 3 is 2.38 bits per heavy atom. The number of aliphatic hydroxyl groups excluding tert-OH is 3. The fraction of sp³-hybridized carbons (Fsp3) is 0.227. The molecule has 0 spiro atoms. The lowest BCUT2D eigenvalue weighted by Gasteiger charge is -2.17. The van der Waals surface area contributed by atoms with Gasteiger partial charge in [-0.2, -0.15) is 0 Å². The minimum absolute atomic E-state index is 0.0182. The Bertz CT molecular complexity index is 1090. The molecule has 0 saturated heterocycles. The molecule has 1 heterocycles. The van der Waals surface area contributed by atoms with Gasteiger partial charge in [0.25, 0.3) is 0 Å². The van der Waals surface area contributed by atoms with Gasteiger partial charge < -0.3 is 35.2 Å². The lowest BCUT2D eigenvalue weighted by molar-refractivity contribution is -0.147. The first-order valence-electron chi connectivity index (χ1n) is 9.63. The van der Waals surface area contributed by atoms with Gasteiger partial charge in [0.1, 0.15) is 18.5 Å². The number of phenols is 1. The zero-order valence-corrected chi connectivity index (χ0v) is 16.9. The molecule has 3 rings (SSSR count). The maximum atomic E-state index is 13.0. The van der Waals surface area contributed by atoms with Crippen molar-refractivity contribution in [2.24, 2.45) is 0 Å². The zero-order chi connectivity index (χ0) is 23.4. The Balaban J connectivity index is 1.75. The van der Waals surface area contributed by atoms with Gasteiger partial charge in [0, 0.05) is 23.9 Å². The number of ketones is 1. The molecule has 168 valence electrons. The summed E-state index contributed by atoms with van der Waals surface area (Å²) in [5.74, 6) is -4.96. The van der Waals surface area contributed by atoms with Gasteiger partial charge in [-0.25, -0.2) is 9.59 Å². The van der Waals surface area contributed by atoms with Crippen molar-refractivity contribution in [1.29, 1.82) is 0 Å². The molecule has 2 aromatic carbocycles. The van der Waals surface area contributed by atoms with E-state index in [-0.39, 0.29) is 22.4 Å². The number of hydrogen-bond acceptors (Lipinski definition) is 10. The molecule has 32 heavy (non-hydrogen) atoms. The van der Waals surface area contributed by atoms with E-state index in [2.05, 4.69) is 10.1 Å². The van der Waals surface area contributed by atoms with E-state index in [9.17, 15) is 34.8 Å². The van der Waals surface area contributed by atoms with Crippen LogP contribution in [0.1, 0.15) is 33.2 Å². The van der Waals surface area contributed by atoms with Crippen LogP contribution in [0.15, 0.2) is 54.0 Å². The third-order valence-corrected chi connectivity index (χ3v) is 4.69. The molecule has 0 amide bonds. The fourth-order valence-corrected chi connectivity index (χ4v) is 3.10. The summed E-state index contributed by atoms with van der Waals surface area (Å²) in [5, 5.41) is 42.2. The predicted octanol–water partition coefficient (Wildman–Crippen LogP) is 1.83. The molecule has 0 aromatic heterocycles. The molecule has 1 aliphatic heterocycles. The molecule has 2 unspecified atom stereocenters. The SMILES string of the molecule is CCNc1ccc(C(=O)c2ccccc2C(=O)OCC(O)C2OC(=O)C(O)=C2O)c(O)c1. The van der Waals surface area contributed by atoms with Crippen molar-refractivity contribution in [2.45, 2.75) is 19.1 Å². The normalized spacial score (nSPS) is 16.4. The summed E-state index contributed by atoms with van der Waals surface area (Å²) in [6.07, 6.45) is -3.24. The van der Waals surface area contributed by atoms with Gasteiger partial charge in [0.05, 0.1) is 11.1 Å². The molecule has 0 fully saturated rings. The lowest BCUT2D eigenvalue weighted by atomic mass is 9.97. The standard InChI is InChI=1S/C22H21NO9/c1-2-23-11-7-8-14(15(24)9-11)17(26)12-5-3-4-6-13(12)21(29)31-10-16(25)20-18(27)19(28)22(30)32-20/h3-9,16,20,23-25,27-28H,2,10H2,1H3. The van der Waals surface area contributed by atoms with Crippen molar-refractivity contribution in [3.63, 3.8) is 0 Å². The van der Waals surface area contributed by atoms with Crippen molar-refractivity contribution in [2.75, 3.05) is 18.5 Å². The van der Waals surface area contributed by atoms with E-state index in [0.717, 1.165) is 0 Å². The van der Waals surface area contributed by atoms with E-state index < -0.39 is 48.1 Å². The third-order valence-electron chi connectivity index (χ3n) is 4.69. The van der Waals surface area contributed by atoms with E-state index in [4.69, 9.17) is 4.74 Å². The number of carbonyl (C=O) groups excluding carboxylic acids is 3. The van der Waals surface area contributed by atoms with Crippen LogP contribution in [0.5, 0.6) is 5.75 Å². The smallest absolute Gasteiger partial charge is 0.377 e. The van der Waals surface area contributed by atoms with Crippen LogP contribution >= 0.6 is 0 Å². The van der Waals surface area contributed by atoms with Crippen LogP contribution in [0.2, 0.25) is 0 Å². The molecule has 10 nitrogen and oxygen atoms in total. The largest absolute Gasteiger partial charge is 0.507 e. The number of aliphatic hydroxyl groups is 3. The fourth-order valence-electron chi connectivity index (χ4n) is 3.10. The van der Waals surface area contributed by atoms with Gasteiger partial charge in [-0.05, 0) is 25.1 Å². The van der Waals surface area contributed by atoms with E-state index >= 15 is 0 Å². The first-order chi connectivity index (χ1) is 15.2. The number of phenolic OH excluding ortho intramolecular Hbond substituents is 1. The van der Waals surface area contributed by atoms with Crippen LogP contribution in [0.25, 0.3) is 0 Å². The number of esters is 2. The first kappa shape index (κ1) is 22.6. The Labute approximate surface area is 182 Å². The number of cyclic esters (lactones) is 1. The topological polar surface area (TPSA) is 163 Å².